The predicted octanol–water partition coefficient (Wildman–Crippen LogP) is 7.16. The Balaban J connectivity index is 1.19. The van der Waals surface area contributed by atoms with Crippen LogP contribution in [0.25, 0.3) is 17.0 Å². The minimum absolute atomic E-state index is 0.240. The molecule has 43 heavy (non-hydrogen) atoms. The quantitative estimate of drug-likeness (QED) is 0.0748. The van der Waals surface area contributed by atoms with Crippen molar-refractivity contribution < 1.29 is 9.59 Å². The largest absolute Gasteiger partial charge is 0.361 e. The van der Waals surface area contributed by atoms with E-state index in [2.05, 4.69) is 30.7 Å². The highest BCUT2D eigenvalue weighted by Gasteiger charge is 2.29. The molecular weight excluding hydrogens is 538 g/mol. The molecule has 0 spiro atoms. The van der Waals surface area contributed by atoms with E-state index in [4.69, 9.17) is 0 Å². The number of carbonyl (C=O) groups is 2. The molecule has 1 aliphatic heterocycles. The van der Waals surface area contributed by atoms with E-state index in [1.807, 2.05) is 92.0 Å². The van der Waals surface area contributed by atoms with Gasteiger partial charge in [-0.1, -0.05) is 66.7 Å². The van der Waals surface area contributed by atoms with Crippen LogP contribution in [0.4, 0.5) is 11.4 Å². The normalized spacial score (nSPS) is 14.6. The lowest BCUT2D eigenvalue weighted by Gasteiger charge is -2.16. The van der Waals surface area contributed by atoms with Gasteiger partial charge >= 0.3 is 0 Å². The number of rotatable bonds is 6. The number of aliphatic imine (C=N–C) groups is 1. The minimum atomic E-state index is -0.427. The minimum Gasteiger partial charge on any atom is -0.361 e. The van der Waals surface area contributed by atoms with E-state index >= 15 is 0 Å². The fourth-order valence-corrected chi connectivity index (χ4v) is 4.73. The van der Waals surface area contributed by atoms with E-state index in [1.165, 1.54) is 4.90 Å². The molecule has 6 rings (SSSR count). The highest BCUT2D eigenvalue weighted by atomic mass is 16.2. The van der Waals surface area contributed by atoms with Crippen molar-refractivity contribution in [2.45, 2.75) is 13.8 Å². The van der Waals surface area contributed by atoms with Gasteiger partial charge in [0.2, 0.25) is 5.84 Å². The van der Waals surface area contributed by atoms with Crippen LogP contribution in [0, 0.1) is 6.92 Å². The van der Waals surface area contributed by atoms with Gasteiger partial charge in [0.25, 0.3) is 11.8 Å². The summed E-state index contributed by atoms with van der Waals surface area (Å²) in [5, 5.41) is 13.9. The van der Waals surface area contributed by atoms with Gasteiger partial charge < -0.3 is 4.98 Å². The molecule has 2 amide bonds. The highest BCUT2D eigenvalue weighted by molar-refractivity contribution is 6.28. The summed E-state index contributed by atoms with van der Waals surface area (Å²) in [6, 6.07) is 31.5. The molecule has 0 radical (unpaired) electrons. The van der Waals surface area contributed by atoms with E-state index in [1.54, 1.807) is 37.3 Å². The van der Waals surface area contributed by atoms with Gasteiger partial charge in [-0.2, -0.15) is 0 Å². The van der Waals surface area contributed by atoms with Gasteiger partial charge in [-0.15, -0.1) is 15.3 Å². The number of hydrogen-bond acceptors (Lipinski definition) is 5. The van der Waals surface area contributed by atoms with Gasteiger partial charge in [-0.25, -0.2) is 10.4 Å². The molecule has 0 bridgehead atoms. The third kappa shape index (κ3) is 5.77. The van der Waals surface area contributed by atoms with E-state index in [9.17, 15) is 9.59 Å². The van der Waals surface area contributed by atoms with Gasteiger partial charge in [0.1, 0.15) is 11.5 Å². The van der Waals surface area contributed by atoms with Gasteiger partial charge in [0, 0.05) is 33.8 Å². The van der Waals surface area contributed by atoms with Crippen molar-refractivity contribution in [2.24, 2.45) is 20.3 Å². The molecule has 210 valence electrons. The van der Waals surface area contributed by atoms with Crippen molar-refractivity contribution >= 4 is 51.8 Å². The fourth-order valence-electron chi connectivity index (χ4n) is 4.73. The summed E-state index contributed by atoms with van der Waals surface area (Å²) in [6.07, 6.45) is 3.65. The smallest absolute Gasteiger partial charge is 0.282 e. The zero-order chi connectivity index (χ0) is 29.8. The SMILES string of the molecule is CC1=N/C(=C/c2c[nH]c3ccccc23)C(=O)N1c1ccc(C(=O)N/N=C(/N=Nc2ccccc2C)c2ccccc2)cc1. The number of fused-ring (bicyclic) bond motifs is 1. The Kier molecular flexibility index (Phi) is 7.52. The lowest BCUT2D eigenvalue weighted by Crippen LogP contribution is -2.30. The number of nitrogens with one attached hydrogen (secondary N) is 2. The molecule has 9 heteroatoms. The molecule has 0 unspecified atom stereocenters. The molecule has 0 aliphatic carbocycles. The number of amides is 2. The summed E-state index contributed by atoms with van der Waals surface area (Å²) < 4.78 is 0. The maximum absolute atomic E-state index is 13.3. The first kappa shape index (κ1) is 27.2. The summed E-state index contributed by atoms with van der Waals surface area (Å²) in [6.45, 7) is 3.73. The van der Waals surface area contributed by atoms with Gasteiger partial charge in [-0.05, 0) is 61.9 Å². The third-order valence-electron chi connectivity index (χ3n) is 6.99. The van der Waals surface area contributed by atoms with Crippen molar-refractivity contribution in [3.63, 3.8) is 0 Å². The monoisotopic (exact) mass is 565 g/mol. The Bertz CT molecular complexity index is 1950. The van der Waals surface area contributed by atoms with Gasteiger partial charge in [-0.3, -0.25) is 14.5 Å². The van der Waals surface area contributed by atoms with Crippen molar-refractivity contribution in [2.75, 3.05) is 4.90 Å². The van der Waals surface area contributed by atoms with Crippen LogP contribution in [0.2, 0.25) is 0 Å². The van der Waals surface area contributed by atoms with Crippen molar-refractivity contribution in [1.29, 1.82) is 0 Å². The number of hydrogen-bond donors (Lipinski definition) is 2. The molecule has 2 N–H and O–H groups in total. The Morgan fingerprint density at radius 2 is 1.58 bits per heavy atom. The number of amidine groups is 2. The van der Waals surface area contributed by atoms with Crippen LogP contribution in [0.15, 0.2) is 135 Å². The summed E-state index contributed by atoms with van der Waals surface area (Å²) in [5.74, 6) is 0.141. The Labute approximate surface area is 248 Å². The summed E-state index contributed by atoms with van der Waals surface area (Å²) >= 11 is 0. The number of hydrazone groups is 1. The summed E-state index contributed by atoms with van der Waals surface area (Å²) in [5.41, 5.74) is 8.15. The second kappa shape index (κ2) is 11.9. The Morgan fingerprint density at radius 3 is 2.37 bits per heavy atom. The van der Waals surface area contributed by atoms with Crippen molar-refractivity contribution in [3.05, 3.63) is 137 Å². The molecule has 9 nitrogen and oxygen atoms in total. The van der Waals surface area contributed by atoms with E-state index in [0.717, 1.165) is 22.0 Å². The molecule has 2 heterocycles. The lowest BCUT2D eigenvalue weighted by atomic mass is 10.1. The number of carbonyl (C=O) groups excluding carboxylic acids is 2. The first-order chi connectivity index (χ1) is 21.0. The molecule has 1 aromatic heterocycles. The summed E-state index contributed by atoms with van der Waals surface area (Å²) in [7, 11) is 0. The number of benzene rings is 4. The van der Waals surface area contributed by atoms with Crippen LogP contribution in [-0.4, -0.2) is 28.5 Å². The highest BCUT2D eigenvalue weighted by Crippen LogP contribution is 2.27. The number of azo groups is 1. The lowest BCUT2D eigenvalue weighted by molar-refractivity contribution is -0.113. The van der Waals surface area contributed by atoms with Crippen molar-refractivity contribution in [3.8, 4) is 0 Å². The Hall–Kier alpha value is -5.96. The molecule has 5 aromatic rings. The number of anilines is 1. The first-order valence-corrected chi connectivity index (χ1v) is 13.7. The molecular formula is C34H27N7O2. The fraction of sp³-hybridized carbons (Fsp3) is 0.0588. The maximum atomic E-state index is 13.3. The number of nitrogens with zero attached hydrogens (tertiary/aromatic N) is 5. The van der Waals surface area contributed by atoms with Gasteiger partial charge in [0.15, 0.2) is 0 Å². The molecule has 1 aliphatic rings. The summed E-state index contributed by atoms with van der Waals surface area (Å²) in [4.78, 5) is 35.6. The van der Waals surface area contributed by atoms with Crippen LogP contribution in [0.3, 0.4) is 0 Å². The predicted molar refractivity (Wildman–Crippen MR) is 169 cm³/mol. The zero-order valence-electron chi connectivity index (χ0n) is 23.5. The molecule has 0 saturated heterocycles. The second-order valence-corrected chi connectivity index (χ2v) is 9.89. The zero-order valence-corrected chi connectivity index (χ0v) is 23.5. The molecule has 0 fully saturated rings. The first-order valence-electron chi connectivity index (χ1n) is 13.7. The number of aryl methyl sites for hydroxylation is 1. The molecule has 0 atom stereocenters. The van der Waals surface area contributed by atoms with E-state index in [-0.39, 0.29) is 11.7 Å². The third-order valence-corrected chi connectivity index (χ3v) is 6.99. The van der Waals surface area contributed by atoms with E-state index in [0.29, 0.717) is 34.0 Å². The van der Waals surface area contributed by atoms with Crippen molar-refractivity contribution in [1.82, 2.24) is 10.4 Å². The van der Waals surface area contributed by atoms with Crippen LogP contribution >= 0.6 is 0 Å². The number of aromatic nitrogens is 1. The average Bonchev–Trinajstić information content (AvgIpc) is 3.57. The number of H-pyrrole nitrogens is 1. The van der Waals surface area contributed by atoms with E-state index < -0.39 is 5.91 Å². The maximum Gasteiger partial charge on any atom is 0.282 e. The van der Waals surface area contributed by atoms with Crippen LogP contribution in [0.5, 0.6) is 0 Å². The standard InChI is InChI=1S/C34H27N7O2/c1-22-10-6-8-14-29(22)37-38-32(24-11-4-3-5-12-24)39-40-33(42)25-16-18-27(19-17-25)41-23(2)36-31(34(41)43)20-26-21-35-30-15-9-7-13-28(26)30/h3-21,35H,1-2H3,(H,40,42)/b31-20+,38-37?,39-32+. The molecule has 4 aromatic carbocycles. The number of para-hydroxylation sites is 1. The number of aromatic amines is 1. The topological polar surface area (TPSA) is 115 Å². The Morgan fingerprint density at radius 1 is 0.860 bits per heavy atom. The van der Waals surface area contributed by atoms with Crippen LogP contribution in [0.1, 0.15) is 34.0 Å². The second-order valence-electron chi connectivity index (χ2n) is 9.89. The van der Waals surface area contributed by atoms with Gasteiger partial charge in [0.05, 0.1) is 11.4 Å². The molecule has 0 saturated carbocycles. The van der Waals surface area contributed by atoms with Crippen LogP contribution in [-0.2, 0) is 4.79 Å². The average molecular weight is 566 g/mol. The van der Waals surface area contributed by atoms with Crippen LogP contribution < -0.4 is 10.3 Å².